The summed E-state index contributed by atoms with van der Waals surface area (Å²) in [4.78, 5) is 18.6. The average molecular weight is 396 g/mol. The number of aromatic nitrogens is 1. The Labute approximate surface area is 169 Å². The molecule has 0 bridgehead atoms. The van der Waals surface area contributed by atoms with Crippen molar-refractivity contribution in [3.63, 3.8) is 0 Å². The Balaban J connectivity index is 1.38. The van der Waals surface area contributed by atoms with Gasteiger partial charge in [-0.15, -0.1) is 11.3 Å². The van der Waals surface area contributed by atoms with Crippen LogP contribution in [0.15, 0.2) is 66.3 Å². The third-order valence-electron chi connectivity index (χ3n) is 5.30. The van der Waals surface area contributed by atoms with Crippen LogP contribution in [0.5, 0.6) is 5.75 Å². The van der Waals surface area contributed by atoms with E-state index in [0.717, 1.165) is 31.9 Å². The lowest BCUT2D eigenvalue weighted by atomic mass is 10.1. The number of piperazine rings is 1. The first-order valence-electron chi connectivity index (χ1n) is 9.57. The molecule has 2 aromatic heterocycles. The first kappa shape index (κ1) is 18.6. The van der Waals surface area contributed by atoms with Crippen LogP contribution in [0, 0.1) is 0 Å². The first-order valence-corrected chi connectivity index (χ1v) is 10.4. The zero-order valence-corrected chi connectivity index (χ0v) is 16.8. The summed E-state index contributed by atoms with van der Waals surface area (Å²) < 4.78 is 7.37. The van der Waals surface area contributed by atoms with Crippen LogP contribution in [-0.4, -0.2) is 48.7 Å². The van der Waals surface area contributed by atoms with Crippen LogP contribution < -0.4 is 9.64 Å². The summed E-state index contributed by atoms with van der Waals surface area (Å²) in [6.07, 6.45) is 4.58. The van der Waals surface area contributed by atoms with Crippen LogP contribution in [0.2, 0.25) is 0 Å². The fourth-order valence-corrected chi connectivity index (χ4v) is 4.52. The van der Waals surface area contributed by atoms with E-state index >= 15 is 0 Å². The molecule has 1 atom stereocenters. The first-order chi connectivity index (χ1) is 13.7. The van der Waals surface area contributed by atoms with Gasteiger partial charge in [0.05, 0.1) is 19.6 Å². The number of rotatable bonds is 6. The molecule has 146 valence electrons. The summed E-state index contributed by atoms with van der Waals surface area (Å²) >= 11 is 1.71. The third-order valence-corrected chi connectivity index (χ3v) is 6.27. The van der Waals surface area contributed by atoms with E-state index in [1.165, 1.54) is 10.6 Å². The molecule has 0 aliphatic carbocycles. The van der Waals surface area contributed by atoms with Gasteiger partial charge in [0.2, 0.25) is 5.91 Å². The molecule has 1 aliphatic heterocycles. The summed E-state index contributed by atoms with van der Waals surface area (Å²) in [6.45, 7) is 3.22. The summed E-state index contributed by atoms with van der Waals surface area (Å²) in [7, 11) is 1.68. The zero-order chi connectivity index (χ0) is 19.3. The monoisotopic (exact) mass is 395 g/mol. The number of carbonyl (C=O) groups is 1. The zero-order valence-electron chi connectivity index (χ0n) is 16.0. The van der Waals surface area contributed by atoms with Crippen molar-refractivity contribution in [3.05, 3.63) is 71.2 Å². The highest BCUT2D eigenvalue weighted by Crippen LogP contribution is 2.28. The molecule has 3 heterocycles. The Morgan fingerprint density at radius 1 is 1.04 bits per heavy atom. The Morgan fingerprint density at radius 3 is 2.36 bits per heavy atom. The van der Waals surface area contributed by atoms with Gasteiger partial charge in [-0.05, 0) is 47.8 Å². The SMILES string of the molecule is COc1ccc(N2CCN(C(=O)CC(c3cccs3)n3cccc3)CC2)cc1. The molecule has 28 heavy (non-hydrogen) atoms. The normalized spacial score (nSPS) is 15.5. The van der Waals surface area contributed by atoms with E-state index in [4.69, 9.17) is 4.74 Å². The van der Waals surface area contributed by atoms with Crippen molar-refractivity contribution in [1.29, 1.82) is 0 Å². The van der Waals surface area contributed by atoms with Gasteiger partial charge in [-0.25, -0.2) is 0 Å². The number of hydrogen-bond donors (Lipinski definition) is 0. The van der Waals surface area contributed by atoms with Crippen molar-refractivity contribution in [2.75, 3.05) is 38.2 Å². The summed E-state index contributed by atoms with van der Waals surface area (Å²) in [5.74, 6) is 1.09. The van der Waals surface area contributed by atoms with Gasteiger partial charge in [0, 0.05) is 49.1 Å². The topological polar surface area (TPSA) is 37.7 Å². The molecule has 5 nitrogen and oxygen atoms in total. The summed E-state index contributed by atoms with van der Waals surface area (Å²) in [6, 6.07) is 16.4. The van der Waals surface area contributed by atoms with E-state index in [1.54, 1.807) is 18.4 Å². The van der Waals surface area contributed by atoms with Gasteiger partial charge in [0.15, 0.2) is 0 Å². The van der Waals surface area contributed by atoms with Crippen LogP contribution in [0.3, 0.4) is 0 Å². The lowest BCUT2D eigenvalue weighted by Crippen LogP contribution is -2.49. The maximum Gasteiger partial charge on any atom is 0.225 e. The molecular weight excluding hydrogens is 370 g/mol. The fourth-order valence-electron chi connectivity index (χ4n) is 3.69. The molecule has 1 unspecified atom stereocenters. The number of amides is 1. The smallest absolute Gasteiger partial charge is 0.225 e. The molecule has 4 rings (SSSR count). The summed E-state index contributed by atoms with van der Waals surface area (Å²) in [5, 5.41) is 2.07. The van der Waals surface area contributed by atoms with Crippen molar-refractivity contribution >= 4 is 22.9 Å². The number of anilines is 1. The van der Waals surface area contributed by atoms with Crippen molar-refractivity contribution in [2.24, 2.45) is 0 Å². The highest BCUT2D eigenvalue weighted by atomic mass is 32.1. The van der Waals surface area contributed by atoms with Crippen molar-refractivity contribution < 1.29 is 9.53 Å². The van der Waals surface area contributed by atoms with E-state index in [2.05, 4.69) is 39.1 Å². The summed E-state index contributed by atoms with van der Waals surface area (Å²) in [5.41, 5.74) is 1.18. The number of benzene rings is 1. The Hall–Kier alpha value is -2.73. The van der Waals surface area contributed by atoms with Crippen LogP contribution in [0.1, 0.15) is 17.3 Å². The van der Waals surface area contributed by atoms with Crippen LogP contribution in [0.25, 0.3) is 0 Å². The minimum Gasteiger partial charge on any atom is -0.497 e. The maximum atomic E-state index is 13.0. The molecule has 6 heteroatoms. The van der Waals surface area contributed by atoms with Gasteiger partial charge in [-0.2, -0.15) is 0 Å². The van der Waals surface area contributed by atoms with Crippen LogP contribution >= 0.6 is 11.3 Å². The maximum absolute atomic E-state index is 13.0. The molecule has 1 aromatic carbocycles. The molecule has 1 aliphatic rings. The predicted octanol–water partition coefficient (Wildman–Crippen LogP) is 3.89. The molecule has 0 spiro atoms. The van der Waals surface area contributed by atoms with Gasteiger partial charge in [-0.1, -0.05) is 6.07 Å². The van der Waals surface area contributed by atoms with E-state index in [0.29, 0.717) is 6.42 Å². The highest BCUT2D eigenvalue weighted by Gasteiger charge is 2.25. The minimum absolute atomic E-state index is 0.0714. The standard InChI is InChI=1S/C22H25N3O2S/c1-27-19-8-6-18(7-9-19)23-12-14-25(15-13-23)22(26)17-20(21-5-4-16-28-21)24-10-2-3-11-24/h2-11,16,20H,12-15,17H2,1H3. The molecular formula is C22H25N3O2S. The van der Waals surface area contributed by atoms with Crippen molar-refractivity contribution in [3.8, 4) is 5.75 Å². The lowest BCUT2D eigenvalue weighted by Gasteiger charge is -2.36. The van der Waals surface area contributed by atoms with Crippen molar-refractivity contribution in [1.82, 2.24) is 9.47 Å². The molecule has 1 fully saturated rings. The second kappa shape index (κ2) is 8.52. The molecule has 0 radical (unpaired) electrons. The number of carbonyl (C=O) groups excluding carboxylic acids is 1. The van der Waals surface area contributed by atoms with Gasteiger partial charge in [0.25, 0.3) is 0 Å². The Kier molecular flexibility index (Phi) is 5.67. The Morgan fingerprint density at radius 2 is 1.75 bits per heavy atom. The quantitative estimate of drug-likeness (QED) is 0.636. The van der Waals surface area contributed by atoms with Crippen LogP contribution in [-0.2, 0) is 4.79 Å². The number of thiophene rings is 1. The van der Waals surface area contributed by atoms with Gasteiger partial charge in [-0.3, -0.25) is 4.79 Å². The minimum atomic E-state index is 0.0714. The lowest BCUT2D eigenvalue weighted by molar-refractivity contribution is -0.132. The molecule has 0 N–H and O–H groups in total. The van der Waals surface area contributed by atoms with Gasteiger partial charge >= 0.3 is 0 Å². The van der Waals surface area contributed by atoms with Crippen molar-refractivity contribution in [2.45, 2.75) is 12.5 Å². The number of nitrogens with zero attached hydrogens (tertiary/aromatic N) is 3. The van der Waals surface area contributed by atoms with Crippen LogP contribution in [0.4, 0.5) is 5.69 Å². The highest BCUT2D eigenvalue weighted by molar-refractivity contribution is 7.10. The Bertz CT molecular complexity index is 833. The molecule has 0 saturated carbocycles. The molecule has 3 aromatic rings. The van der Waals surface area contributed by atoms with Gasteiger partial charge in [0.1, 0.15) is 5.75 Å². The molecule has 1 saturated heterocycles. The number of hydrogen-bond acceptors (Lipinski definition) is 4. The fraction of sp³-hybridized carbons (Fsp3) is 0.318. The van der Waals surface area contributed by atoms with E-state index in [1.807, 2.05) is 41.6 Å². The second-order valence-electron chi connectivity index (χ2n) is 6.93. The van der Waals surface area contributed by atoms with Gasteiger partial charge < -0.3 is 19.1 Å². The predicted molar refractivity (Wildman–Crippen MR) is 113 cm³/mol. The van der Waals surface area contributed by atoms with E-state index < -0.39 is 0 Å². The van der Waals surface area contributed by atoms with E-state index in [9.17, 15) is 4.79 Å². The molecule has 1 amide bonds. The number of methoxy groups -OCH3 is 1. The second-order valence-corrected chi connectivity index (χ2v) is 7.91. The third kappa shape index (κ3) is 4.07. The number of ether oxygens (including phenoxy) is 1. The average Bonchev–Trinajstić information content (AvgIpc) is 3.46. The largest absolute Gasteiger partial charge is 0.497 e. The van der Waals surface area contributed by atoms with E-state index in [-0.39, 0.29) is 11.9 Å².